The van der Waals surface area contributed by atoms with Gasteiger partial charge in [0.15, 0.2) is 0 Å². The van der Waals surface area contributed by atoms with Crippen LogP contribution in [0.1, 0.15) is 40.9 Å². The standard InChI is InChI=1S/C14H16N2O5/c1-2-5-21-11-4-3-8(13(17)18)9-6-15-7-10(12(9)11)16(20)14(15)19/h3-4,10,20H,2,5-7H2,1H3,(H,17,18). The molecule has 0 aliphatic carbocycles. The highest BCUT2D eigenvalue weighted by atomic mass is 16.5. The van der Waals surface area contributed by atoms with Crippen LogP contribution in [0.5, 0.6) is 5.75 Å². The first kappa shape index (κ1) is 13.7. The highest BCUT2D eigenvalue weighted by Gasteiger charge is 2.45. The maximum Gasteiger partial charge on any atom is 0.344 e. The van der Waals surface area contributed by atoms with Gasteiger partial charge in [0.25, 0.3) is 0 Å². The first-order valence-electron chi connectivity index (χ1n) is 6.83. The third-order valence-corrected chi connectivity index (χ3v) is 3.85. The number of carbonyl (C=O) groups excluding carboxylic acids is 1. The monoisotopic (exact) mass is 292 g/mol. The van der Waals surface area contributed by atoms with Crippen molar-refractivity contribution in [2.24, 2.45) is 0 Å². The molecule has 0 saturated carbocycles. The molecule has 2 heterocycles. The number of amides is 2. The zero-order valence-electron chi connectivity index (χ0n) is 11.6. The van der Waals surface area contributed by atoms with Crippen molar-refractivity contribution in [3.8, 4) is 5.75 Å². The van der Waals surface area contributed by atoms with Gasteiger partial charge in [0.05, 0.1) is 18.7 Å². The molecule has 2 amide bonds. The lowest BCUT2D eigenvalue weighted by Crippen LogP contribution is -2.29. The minimum absolute atomic E-state index is 0.145. The summed E-state index contributed by atoms with van der Waals surface area (Å²) in [5, 5.41) is 19.9. The number of hydrogen-bond acceptors (Lipinski definition) is 4. The Labute approximate surface area is 121 Å². The first-order chi connectivity index (χ1) is 10.0. The van der Waals surface area contributed by atoms with Crippen LogP contribution in [0.2, 0.25) is 0 Å². The average Bonchev–Trinajstić information content (AvgIpc) is 2.69. The lowest BCUT2D eigenvalue weighted by molar-refractivity contribution is -0.0591. The Morgan fingerprint density at radius 1 is 1.48 bits per heavy atom. The molecular formula is C14H16N2O5. The summed E-state index contributed by atoms with van der Waals surface area (Å²) in [7, 11) is 0. The molecule has 2 aliphatic heterocycles. The summed E-state index contributed by atoms with van der Waals surface area (Å²) >= 11 is 0. The molecule has 0 aromatic heterocycles. The molecule has 1 saturated heterocycles. The Balaban J connectivity index is 2.13. The highest BCUT2D eigenvalue weighted by molar-refractivity contribution is 5.91. The van der Waals surface area contributed by atoms with Gasteiger partial charge in [0.2, 0.25) is 0 Å². The molecule has 2 N–H and O–H groups in total. The molecular weight excluding hydrogens is 276 g/mol. The van der Waals surface area contributed by atoms with E-state index in [2.05, 4.69) is 0 Å². The smallest absolute Gasteiger partial charge is 0.344 e. The predicted octanol–water partition coefficient (Wildman–Crippen LogP) is 1.86. The summed E-state index contributed by atoms with van der Waals surface area (Å²) < 4.78 is 5.66. The Kier molecular flexibility index (Phi) is 3.21. The molecule has 3 rings (SSSR count). The van der Waals surface area contributed by atoms with Gasteiger partial charge >= 0.3 is 12.0 Å². The lowest BCUT2D eigenvalue weighted by Gasteiger charge is -2.27. The van der Waals surface area contributed by atoms with Crippen molar-refractivity contribution in [2.75, 3.05) is 13.2 Å². The summed E-state index contributed by atoms with van der Waals surface area (Å²) in [6.45, 7) is 2.98. The molecule has 112 valence electrons. The van der Waals surface area contributed by atoms with Crippen molar-refractivity contribution in [3.05, 3.63) is 28.8 Å². The third kappa shape index (κ3) is 2.01. The minimum Gasteiger partial charge on any atom is -0.493 e. The molecule has 0 radical (unpaired) electrons. The Hall–Kier alpha value is -2.28. The predicted molar refractivity (Wildman–Crippen MR) is 71.4 cm³/mol. The van der Waals surface area contributed by atoms with Crippen LogP contribution >= 0.6 is 0 Å². The number of hydroxylamine groups is 2. The number of ether oxygens (including phenoxy) is 1. The largest absolute Gasteiger partial charge is 0.493 e. The van der Waals surface area contributed by atoms with Crippen LogP contribution in [-0.2, 0) is 6.54 Å². The number of aromatic carboxylic acids is 1. The molecule has 1 unspecified atom stereocenters. The fraction of sp³-hybridized carbons (Fsp3) is 0.429. The summed E-state index contributed by atoms with van der Waals surface area (Å²) in [5.41, 5.74) is 1.29. The van der Waals surface area contributed by atoms with Crippen LogP contribution < -0.4 is 4.74 Å². The molecule has 0 spiro atoms. The number of benzene rings is 1. The summed E-state index contributed by atoms with van der Waals surface area (Å²) in [6.07, 6.45) is 0.814. The van der Waals surface area contributed by atoms with E-state index in [-0.39, 0.29) is 12.1 Å². The van der Waals surface area contributed by atoms with Crippen LogP contribution in [0.25, 0.3) is 0 Å². The van der Waals surface area contributed by atoms with E-state index in [1.54, 1.807) is 6.07 Å². The van der Waals surface area contributed by atoms with E-state index in [0.717, 1.165) is 6.42 Å². The van der Waals surface area contributed by atoms with E-state index in [9.17, 15) is 19.9 Å². The fourth-order valence-electron chi connectivity index (χ4n) is 2.90. The van der Waals surface area contributed by atoms with Crippen LogP contribution in [0.15, 0.2) is 12.1 Å². The van der Waals surface area contributed by atoms with Gasteiger partial charge in [-0.05, 0) is 24.1 Å². The second kappa shape index (κ2) is 4.92. The summed E-state index contributed by atoms with van der Waals surface area (Å²) in [5.74, 6) is -0.511. The number of urea groups is 1. The van der Waals surface area contributed by atoms with Gasteiger partial charge in [0.1, 0.15) is 11.8 Å². The number of carbonyl (C=O) groups is 2. The zero-order valence-corrected chi connectivity index (χ0v) is 11.6. The molecule has 21 heavy (non-hydrogen) atoms. The SMILES string of the molecule is CCCOc1ccc(C(=O)O)c2c1C1CN(C2)C(=O)N1O. The molecule has 2 aliphatic rings. The van der Waals surface area contributed by atoms with Gasteiger partial charge in [-0.15, -0.1) is 0 Å². The zero-order chi connectivity index (χ0) is 15.1. The van der Waals surface area contributed by atoms with Crippen molar-refractivity contribution in [2.45, 2.75) is 25.9 Å². The van der Waals surface area contributed by atoms with E-state index in [1.165, 1.54) is 11.0 Å². The highest BCUT2D eigenvalue weighted by Crippen LogP contribution is 2.42. The van der Waals surface area contributed by atoms with Crippen LogP contribution in [0.3, 0.4) is 0 Å². The van der Waals surface area contributed by atoms with Crippen molar-refractivity contribution in [3.63, 3.8) is 0 Å². The second-order valence-electron chi connectivity index (χ2n) is 5.18. The number of rotatable bonds is 4. The van der Waals surface area contributed by atoms with Crippen molar-refractivity contribution in [1.29, 1.82) is 0 Å². The molecule has 7 heteroatoms. The molecule has 1 aromatic rings. The second-order valence-corrected chi connectivity index (χ2v) is 5.18. The number of fused-ring (bicyclic) bond motifs is 4. The fourth-order valence-corrected chi connectivity index (χ4v) is 2.90. The Morgan fingerprint density at radius 3 is 2.90 bits per heavy atom. The average molecular weight is 292 g/mol. The molecule has 1 aromatic carbocycles. The normalized spacial score (nSPS) is 19.7. The van der Waals surface area contributed by atoms with E-state index in [0.29, 0.717) is 35.1 Å². The van der Waals surface area contributed by atoms with Gasteiger partial charge in [-0.25, -0.2) is 9.59 Å². The maximum atomic E-state index is 11.9. The van der Waals surface area contributed by atoms with E-state index < -0.39 is 18.0 Å². The Bertz CT molecular complexity index is 616. The lowest BCUT2D eigenvalue weighted by atomic mass is 9.92. The van der Waals surface area contributed by atoms with E-state index in [4.69, 9.17) is 4.74 Å². The minimum atomic E-state index is -1.05. The molecule has 1 atom stereocenters. The van der Waals surface area contributed by atoms with E-state index >= 15 is 0 Å². The number of hydrogen-bond donors (Lipinski definition) is 2. The number of carboxylic acid groups (broad SMARTS) is 1. The molecule has 2 bridgehead atoms. The van der Waals surface area contributed by atoms with Crippen molar-refractivity contribution in [1.82, 2.24) is 9.96 Å². The van der Waals surface area contributed by atoms with Crippen LogP contribution in [-0.4, -0.2) is 45.4 Å². The van der Waals surface area contributed by atoms with Crippen molar-refractivity contribution >= 4 is 12.0 Å². The number of nitrogens with zero attached hydrogens (tertiary/aromatic N) is 2. The quantitative estimate of drug-likeness (QED) is 0.827. The van der Waals surface area contributed by atoms with Gasteiger partial charge in [-0.1, -0.05) is 6.92 Å². The van der Waals surface area contributed by atoms with Gasteiger partial charge in [-0.3, -0.25) is 5.21 Å². The van der Waals surface area contributed by atoms with Gasteiger partial charge < -0.3 is 14.7 Å². The molecule has 1 fully saturated rings. The third-order valence-electron chi connectivity index (χ3n) is 3.85. The topological polar surface area (TPSA) is 90.3 Å². The summed E-state index contributed by atoms with van der Waals surface area (Å²) in [4.78, 5) is 24.7. The molecule has 7 nitrogen and oxygen atoms in total. The van der Waals surface area contributed by atoms with Crippen LogP contribution in [0, 0.1) is 0 Å². The van der Waals surface area contributed by atoms with Crippen LogP contribution in [0.4, 0.5) is 4.79 Å². The Morgan fingerprint density at radius 2 is 2.24 bits per heavy atom. The van der Waals surface area contributed by atoms with Gasteiger partial charge in [0, 0.05) is 12.1 Å². The first-order valence-corrected chi connectivity index (χ1v) is 6.83. The van der Waals surface area contributed by atoms with Gasteiger partial charge in [-0.2, -0.15) is 5.06 Å². The van der Waals surface area contributed by atoms with E-state index in [1.807, 2.05) is 6.92 Å². The number of carboxylic acids is 1. The summed E-state index contributed by atoms with van der Waals surface area (Å²) in [6, 6.07) is 2.01. The van der Waals surface area contributed by atoms with Crippen molar-refractivity contribution < 1.29 is 24.6 Å². The maximum absolute atomic E-state index is 11.9.